The van der Waals surface area contributed by atoms with Crippen LogP contribution in [0.1, 0.15) is 12.6 Å². The van der Waals surface area contributed by atoms with Crippen molar-refractivity contribution in [2.24, 2.45) is 0 Å². The first-order valence-electron chi connectivity index (χ1n) is 4.77. The molecular formula is C10H12Br2N2O2. The Hall–Kier alpha value is -0.460. The van der Waals surface area contributed by atoms with Crippen molar-refractivity contribution in [3.63, 3.8) is 0 Å². The Bertz CT molecular complexity index is 385. The Labute approximate surface area is 111 Å². The summed E-state index contributed by atoms with van der Waals surface area (Å²) in [4.78, 5) is 16.7. The Balaban J connectivity index is 2.73. The molecule has 1 rings (SSSR count). The summed E-state index contributed by atoms with van der Waals surface area (Å²) in [7, 11) is 0. The van der Waals surface area contributed by atoms with Gasteiger partial charge in [0.1, 0.15) is 0 Å². The second-order valence-corrected chi connectivity index (χ2v) is 5.05. The van der Waals surface area contributed by atoms with Gasteiger partial charge in [-0.2, -0.15) is 0 Å². The molecule has 6 heteroatoms. The van der Waals surface area contributed by atoms with E-state index in [1.54, 1.807) is 6.20 Å². The molecule has 0 saturated heterocycles. The fraction of sp³-hybridized carbons (Fsp3) is 0.400. The lowest BCUT2D eigenvalue weighted by Gasteiger charge is -2.18. The number of aromatic nitrogens is 1. The van der Waals surface area contributed by atoms with Crippen LogP contribution >= 0.6 is 31.9 Å². The van der Waals surface area contributed by atoms with Gasteiger partial charge in [0.05, 0.1) is 12.2 Å². The smallest absolute Gasteiger partial charge is 0.317 e. The fourth-order valence-electron chi connectivity index (χ4n) is 1.24. The van der Waals surface area contributed by atoms with E-state index in [0.29, 0.717) is 13.1 Å². The molecule has 0 saturated carbocycles. The van der Waals surface area contributed by atoms with E-state index >= 15 is 0 Å². The number of aliphatic carboxylic acids is 1. The second-order valence-electron chi connectivity index (χ2n) is 3.28. The number of carbonyl (C=O) groups is 1. The van der Waals surface area contributed by atoms with E-state index in [1.165, 1.54) is 0 Å². The molecule has 4 nitrogen and oxygen atoms in total. The highest BCUT2D eigenvalue weighted by atomic mass is 79.9. The Kier molecular flexibility index (Phi) is 5.37. The van der Waals surface area contributed by atoms with Gasteiger partial charge in [0.25, 0.3) is 0 Å². The van der Waals surface area contributed by atoms with Gasteiger partial charge in [0.15, 0.2) is 0 Å². The number of hydrogen-bond donors (Lipinski definition) is 1. The Morgan fingerprint density at radius 2 is 2.25 bits per heavy atom. The molecule has 0 aliphatic rings. The van der Waals surface area contributed by atoms with Gasteiger partial charge in [-0.3, -0.25) is 14.7 Å². The second kappa shape index (κ2) is 6.32. The van der Waals surface area contributed by atoms with Crippen LogP contribution in [0.3, 0.4) is 0 Å². The number of rotatable bonds is 5. The minimum absolute atomic E-state index is 0.0285. The first kappa shape index (κ1) is 13.6. The average molecular weight is 352 g/mol. The number of carboxylic acids is 1. The first-order valence-corrected chi connectivity index (χ1v) is 6.35. The summed E-state index contributed by atoms with van der Waals surface area (Å²) >= 11 is 6.72. The number of carboxylic acid groups (broad SMARTS) is 1. The van der Waals surface area contributed by atoms with Crippen molar-refractivity contribution in [1.29, 1.82) is 0 Å². The molecule has 0 atom stereocenters. The SMILES string of the molecule is CCN(CC(=O)O)Cc1ncc(Br)cc1Br. The molecule has 1 heterocycles. The summed E-state index contributed by atoms with van der Waals surface area (Å²) in [6.45, 7) is 3.16. The molecule has 1 aromatic heterocycles. The van der Waals surface area contributed by atoms with Gasteiger partial charge in [-0.15, -0.1) is 0 Å². The Morgan fingerprint density at radius 3 is 2.75 bits per heavy atom. The van der Waals surface area contributed by atoms with Crippen molar-refractivity contribution in [2.45, 2.75) is 13.5 Å². The van der Waals surface area contributed by atoms with Crippen LogP contribution < -0.4 is 0 Å². The zero-order chi connectivity index (χ0) is 12.1. The fourth-order valence-corrected chi connectivity index (χ4v) is 2.35. The maximum Gasteiger partial charge on any atom is 0.317 e. The first-order chi connectivity index (χ1) is 7.52. The van der Waals surface area contributed by atoms with E-state index in [-0.39, 0.29) is 6.54 Å². The van der Waals surface area contributed by atoms with Crippen molar-refractivity contribution in [1.82, 2.24) is 9.88 Å². The topological polar surface area (TPSA) is 53.4 Å². The van der Waals surface area contributed by atoms with Crippen LogP contribution in [0.25, 0.3) is 0 Å². The van der Waals surface area contributed by atoms with Crippen LogP contribution in [-0.4, -0.2) is 34.0 Å². The van der Waals surface area contributed by atoms with Crippen LogP contribution in [0, 0.1) is 0 Å². The monoisotopic (exact) mass is 350 g/mol. The molecule has 1 N–H and O–H groups in total. The molecule has 0 aliphatic heterocycles. The van der Waals surface area contributed by atoms with Crippen LogP contribution in [0.15, 0.2) is 21.2 Å². The minimum Gasteiger partial charge on any atom is -0.480 e. The van der Waals surface area contributed by atoms with Crippen LogP contribution in [0.2, 0.25) is 0 Å². The van der Waals surface area contributed by atoms with Gasteiger partial charge < -0.3 is 5.11 Å². The summed E-state index contributed by atoms with van der Waals surface area (Å²) in [6.07, 6.45) is 1.70. The summed E-state index contributed by atoms with van der Waals surface area (Å²) in [5.41, 5.74) is 0.839. The van der Waals surface area contributed by atoms with Crippen molar-refractivity contribution < 1.29 is 9.90 Å². The largest absolute Gasteiger partial charge is 0.480 e. The van der Waals surface area contributed by atoms with E-state index in [0.717, 1.165) is 14.6 Å². The highest BCUT2D eigenvalue weighted by molar-refractivity contribution is 9.11. The van der Waals surface area contributed by atoms with Crippen molar-refractivity contribution in [2.75, 3.05) is 13.1 Å². The van der Waals surface area contributed by atoms with Crippen LogP contribution in [-0.2, 0) is 11.3 Å². The van der Waals surface area contributed by atoms with E-state index in [2.05, 4.69) is 36.8 Å². The maximum atomic E-state index is 10.6. The number of pyridine rings is 1. The number of hydrogen-bond acceptors (Lipinski definition) is 3. The van der Waals surface area contributed by atoms with Crippen molar-refractivity contribution >= 4 is 37.8 Å². The molecule has 0 fully saturated rings. The molecule has 0 amide bonds. The molecule has 0 aliphatic carbocycles. The third kappa shape index (κ3) is 4.19. The normalized spacial score (nSPS) is 10.8. The van der Waals surface area contributed by atoms with E-state index < -0.39 is 5.97 Å². The molecule has 16 heavy (non-hydrogen) atoms. The average Bonchev–Trinajstić information content (AvgIpc) is 2.20. The quantitative estimate of drug-likeness (QED) is 0.885. The molecule has 0 aromatic carbocycles. The molecular weight excluding hydrogens is 340 g/mol. The van der Waals surface area contributed by atoms with Gasteiger partial charge in [-0.25, -0.2) is 0 Å². The maximum absolute atomic E-state index is 10.6. The highest BCUT2D eigenvalue weighted by Crippen LogP contribution is 2.20. The minimum atomic E-state index is -0.824. The third-order valence-electron chi connectivity index (χ3n) is 2.06. The third-order valence-corrected chi connectivity index (χ3v) is 3.18. The van der Waals surface area contributed by atoms with Crippen molar-refractivity contribution in [3.8, 4) is 0 Å². The van der Waals surface area contributed by atoms with Crippen LogP contribution in [0.4, 0.5) is 0 Å². The zero-order valence-corrected chi connectivity index (χ0v) is 12.0. The van der Waals surface area contributed by atoms with Gasteiger partial charge in [-0.05, 0) is 44.5 Å². The molecule has 1 aromatic rings. The van der Waals surface area contributed by atoms with Gasteiger partial charge >= 0.3 is 5.97 Å². The zero-order valence-electron chi connectivity index (χ0n) is 8.78. The van der Waals surface area contributed by atoms with Crippen molar-refractivity contribution in [3.05, 3.63) is 26.9 Å². The van der Waals surface area contributed by atoms with E-state index in [1.807, 2.05) is 17.9 Å². The highest BCUT2D eigenvalue weighted by Gasteiger charge is 2.11. The summed E-state index contributed by atoms with van der Waals surface area (Å²) in [6, 6.07) is 1.90. The standard InChI is InChI=1S/C10H12Br2N2O2/c1-2-14(6-10(15)16)5-9-8(12)3-7(11)4-13-9/h3-4H,2,5-6H2,1H3,(H,15,16). The summed E-state index contributed by atoms with van der Waals surface area (Å²) in [5.74, 6) is -0.824. The lowest BCUT2D eigenvalue weighted by Crippen LogP contribution is -2.29. The Morgan fingerprint density at radius 1 is 1.56 bits per heavy atom. The number of nitrogens with zero attached hydrogens (tertiary/aromatic N) is 2. The van der Waals surface area contributed by atoms with Gasteiger partial charge in [-0.1, -0.05) is 6.92 Å². The number of likely N-dealkylation sites (N-methyl/N-ethyl adjacent to an activating group) is 1. The molecule has 0 bridgehead atoms. The molecule has 0 radical (unpaired) electrons. The molecule has 0 spiro atoms. The summed E-state index contributed by atoms with van der Waals surface area (Å²) < 4.78 is 1.77. The summed E-state index contributed by atoms with van der Waals surface area (Å²) in [5, 5.41) is 8.73. The van der Waals surface area contributed by atoms with Gasteiger partial charge in [0, 0.05) is 21.7 Å². The molecule has 88 valence electrons. The van der Waals surface area contributed by atoms with E-state index in [9.17, 15) is 4.79 Å². The van der Waals surface area contributed by atoms with Gasteiger partial charge in [0.2, 0.25) is 0 Å². The van der Waals surface area contributed by atoms with Crippen LogP contribution in [0.5, 0.6) is 0 Å². The molecule has 0 unspecified atom stereocenters. The van der Waals surface area contributed by atoms with E-state index in [4.69, 9.17) is 5.11 Å². The lowest BCUT2D eigenvalue weighted by atomic mass is 10.3. The predicted molar refractivity (Wildman–Crippen MR) is 68.2 cm³/mol. The number of halogens is 2. The lowest BCUT2D eigenvalue weighted by molar-refractivity contribution is -0.138. The predicted octanol–water partition coefficient (Wildman–Crippen LogP) is 2.51.